The van der Waals surface area contributed by atoms with E-state index in [9.17, 15) is 40.2 Å². The highest BCUT2D eigenvalue weighted by molar-refractivity contribution is 5.77. The van der Waals surface area contributed by atoms with E-state index in [1.807, 2.05) is 0 Å². The number of aliphatic hydroxyl groups is 6. The lowest BCUT2D eigenvalue weighted by Gasteiger charge is -2.50. The normalized spacial score (nSPS) is 42.4. The molecule has 0 aromatic heterocycles. The molecule has 0 bridgehead atoms. The fourth-order valence-corrected chi connectivity index (χ4v) is 9.26. The van der Waals surface area contributed by atoms with Crippen molar-refractivity contribution in [3.8, 4) is 0 Å². The number of ether oxygens (including phenoxy) is 4. The zero-order chi connectivity index (χ0) is 44.3. The summed E-state index contributed by atoms with van der Waals surface area (Å²) in [4.78, 5) is 25.3. The van der Waals surface area contributed by atoms with E-state index in [-0.39, 0.29) is 51.0 Å². The molecule has 4 aliphatic rings. The third-order valence-corrected chi connectivity index (χ3v) is 12.8. The predicted molar refractivity (Wildman–Crippen MR) is 218 cm³/mol. The van der Waals surface area contributed by atoms with Gasteiger partial charge in [-0.05, 0) is 25.7 Å². The molecule has 2 saturated carbocycles. The summed E-state index contributed by atoms with van der Waals surface area (Å²) in [6.07, 6.45) is -5.33. The van der Waals surface area contributed by atoms with E-state index in [1.165, 1.54) is 0 Å². The topological polar surface area (TPSA) is 425 Å². The quantitative estimate of drug-likeness (QED) is 0.0477. The molecule has 4 rings (SSSR count). The summed E-state index contributed by atoms with van der Waals surface area (Å²) in [5.74, 6) is -2.19. The molecule has 2 saturated heterocycles. The van der Waals surface area contributed by atoms with Crippen LogP contribution >= 0.6 is 0 Å². The summed E-state index contributed by atoms with van der Waals surface area (Å²) >= 11 is 0. The molecule has 60 heavy (non-hydrogen) atoms. The van der Waals surface area contributed by atoms with Crippen molar-refractivity contribution in [2.75, 3.05) is 39.4 Å². The first-order valence-electron chi connectivity index (χ1n) is 21.6. The van der Waals surface area contributed by atoms with Gasteiger partial charge in [0.1, 0.15) is 37.6 Å². The van der Waals surface area contributed by atoms with Crippen molar-refractivity contribution < 1.29 is 59.2 Å². The van der Waals surface area contributed by atoms with Crippen molar-refractivity contribution in [1.29, 1.82) is 0 Å². The molecule has 2 aliphatic heterocycles. The molecule has 0 aromatic rings. The molecule has 22 heteroatoms. The molecule has 4 fully saturated rings. The Kier molecular flexibility index (Phi) is 20.6. The highest BCUT2D eigenvalue weighted by atomic mass is 16.5. The monoisotopic (exact) mass is 865 g/mol. The van der Waals surface area contributed by atoms with Crippen LogP contribution in [-0.4, -0.2) is 191 Å². The Morgan fingerprint density at radius 1 is 0.500 bits per heavy atom. The van der Waals surface area contributed by atoms with E-state index in [2.05, 4.69) is 10.6 Å². The molecular weight excluding hydrogens is 788 g/mol. The zero-order valence-electron chi connectivity index (χ0n) is 34.6. The van der Waals surface area contributed by atoms with Crippen LogP contribution in [0.5, 0.6) is 0 Å². The minimum Gasteiger partial charge on any atom is -0.389 e. The maximum atomic E-state index is 12.7. The van der Waals surface area contributed by atoms with Crippen LogP contribution in [-0.2, 0) is 28.5 Å². The highest BCUT2D eigenvalue weighted by Gasteiger charge is 2.54. The first kappa shape index (κ1) is 50.9. The second kappa shape index (κ2) is 24.3. The molecule has 2 aliphatic carbocycles. The van der Waals surface area contributed by atoms with Gasteiger partial charge < -0.3 is 106 Å². The van der Waals surface area contributed by atoms with Crippen LogP contribution in [0, 0.1) is 11.8 Å². The molecule has 20 atom stereocenters. The Balaban J connectivity index is 1.06. The minimum absolute atomic E-state index is 0.0730. The standard InChI is InChI=1S/C38H76N10O12/c39-13-21-31(53)33(55)27(45)35(59-21)25-17(41)11-19(43)29(51)37(25)57-15-23(49)47-9-7-5-3-1-2-4-6-8-10-48-24(50)16-58-38-26(18(42)12-20(44)30(38)52)36-28(46)34(56)32(54)22(14-40)60-36/h17-22,25-38,51-56H,1-16,39-46H2,(H,47,49)(H,48,50)/t17-,18-,19+,20+,21+,22+,25-,26-,27+,28+,29-,30-,31+,32+,33+,34+,35+,36+,37-,38-/m0/s1. The maximum absolute atomic E-state index is 12.7. The van der Waals surface area contributed by atoms with Crippen molar-refractivity contribution in [3.05, 3.63) is 0 Å². The van der Waals surface area contributed by atoms with E-state index < -0.39 is 121 Å². The number of carbonyl (C=O) groups excluding carboxylic acids is 2. The highest BCUT2D eigenvalue weighted by Crippen LogP contribution is 2.37. The Morgan fingerprint density at radius 3 is 1.17 bits per heavy atom. The van der Waals surface area contributed by atoms with Gasteiger partial charge in [-0.25, -0.2) is 0 Å². The van der Waals surface area contributed by atoms with Gasteiger partial charge in [0.2, 0.25) is 11.8 Å². The van der Waals surface area contributed by atoms with Crippen molar-refractivity contribution >= 4 is 11.8 Å². The Morgan fingerprint density at radius 2 is 0.833 bits per heavy atom. The molecule has 0 radical (unpaired) electrons. The van der Waals surface area contributed by atoms with Crippen molar-refractivity contribution in [2.24, 2.45) is 57.7 Å². The zero-order valence-corrected chi connectivity index (χ0v) is 34.6. The summed E-state index contributed by atoms with van der Waals surface area (Å²) < 4.78 is 23.7. The maximum Gasteiger partial charge on any atom is 0.246 e. The van der Waals surface area contributed by atoms with Gasteiger partial charge in [0.15, 0.2) is 0 Å². The lowest BCUT2D eigenvalue weighted by atomic mass is 9.71. The van der Waals surface area contributed by atoms with Gasteiger partial charge >= 0.3 is 0 Å². The summed E-state index contributed by atoms with van der Waals surface area (Å²) in [5, 5.41) is 69.2. The van der Waals surface area contributed by atoms with Crippen LogP contribution in [0.3, 0.4) is 0 Å². The van der Waals surface area contributed by atoms with Crippen LogP contribution in [0.2, 0.25) is 0 Å². The molecule has 22 nitrogen and oxygen atoms in total. The fraction of sp³-hybridized carbons (Fsp3) is 0.947. The third-order valence-electron chi connectivity index (χ3n) is 12.8. The lowest BCUT2D eigenvalue weighted by molar-refractivity contribution is -0.217. The van der Waals surface area contributed by atoms with Crippen molar-refractivity contribution in [2.45, 2.75) is 174 Å². The number of hydrogen-bond acceptors (Lipinski definition) is 20. The molecule has 0 aromatic carbocycles. The van der Waals surface area contributed by atoms with E-state index >= 15 is 0 Å². The second-order valence-corrected chi connectivity index (χ2v) is 17.2. The van der Waals surface area contributed by atoms with Gasteiger partial charge in [0.25, 0.3) is 0 Å². The Bertz CT molecular complexity index is 1210. The summed E-state index contributed by atoms with van der Waals surface area (Å²) in [5.41, 5.74) is 49.0. The second-order valence-electron chi connectivity index (χ2n) is 17.2. The number of carbonyl (C=O) groups is 2. The van der Waals surface area contributed by atoms with Crippen LogP contribution in [0.1, 0.15) is 64.2 Å². The van der Waals surface area contributed by atoms with Gasteiger partial charge in [-0.2, -0.15) is 0 Å². The van der Waals surface area contributed by atoms with Crippen molar-refractivity contribution in [3.63, 3.8) is 0 Å². The average molecular weight is 865 g/mol. The Hall–Kier alpha value is -1.78. The van der Waals surface area contributed by atoms with Gasteiger partial charge in [0, 0.05) is 62.2 Å². The Labute approximate surface area is 352 Å². The van der Waals surface area contributed by atoms with Gasteiger partial charge in [-0.15, -0.1) is 0 Å². The molecule has 0 unspecified atom stereocenters. The number of aliphatic hydroxyl groups excluding tert-OH is 6. The molecular formula is C38H76N10O12. The lowest BCUT2D eigenvalue weighted by Crippen LogP contribution is -2.70. The van der Waals surface area contributed by atoms with Crippen molar-refractivity contribution in [1.82, 2.24) is 10.6 Å². The van der Waals surface area contributed by atoms with Gasteiger partial charge in [0.05, 0.1) is 60.9 Å². The number of amides is 2. The summed E-state index contributed by atoms with van der Waals surface area (Å²) in [7, 11) is 0. The van der Waals surface area contributed by atoms with Crippen LogP contribution in [0.15, 0.2) is 0 Å². The number of nitrogens with one attached hydrogen (secondary N) is 2. The number of rotatable bonds is 21. The number of nitrogens with two attached hydrogens (primary N) is 8. The largest absolute Gasteiger partial charge is 0.389 e. The summed E-state index contributed by atoms with van der Waals surface area (Å²) in [6, 6.07) is -4.74. The number of hydrogen-bond donors (Lipinski definition) is 16. The van der Waals surface area contributed by atoms with Gasteiger partial charge in [-0.1, -0.05) is 38.5 Å². The summed E-state index contributed by atoms with van der Waals surface area (Å²) in [6.45, 7) is 0.0393. The third kappa shape index (κ3) is 12.9. The smallest absolute Gasteiger partial charge is 0.246 e. The molecule has 350 valence electrons. The average Bonchev–Trinajstić information content (AvgIpc) is 3.21. The minimum atomic E-state index is -1.33. The van der Waals surface area contributed by atoms with Crippen LogP contribution in [0.25, 0.3) is 0 Å². The molecule has 0 spiro atoms. The van der Waals surface area contributed by atoms with E-state index in [4.69, 9.17) is 64.8 Å². The fourth-order valence-electron chi connectivity index (χ4n) is 9.26. The number of unbranched alkanes of at least 4 members (excludes halogenated alkanes) is 7. The molecule has 2 amide bonds. The van der Waals surface area contributed by atoms with Gasteiger partial charge in [-0.3, -0.25) is 9.59 Å². The van der Waals surface area contributed by atoms with E-state index in [1.54, 1.807) is 0 Å². The first-order chi connectivity index (χ1) is 28.5. The first-order valence-corrected chi connectivity index (χ1v) is 21.6. The van der Waals surface area contributed by atoms with E-state index in [0.29, 0.717) is 13.1 Å². The van der Waals surface area contributed by atoms with Crippen LogP contribution in [0.4, 0.5) is 0 Å². The predicted octanol–water partition coefficient (Wildman–Crippen LogP) is -7.27. The molecule has 24 N–H and O–H groups in total. The molecule has 2 heterocycles. The SMILES string of the molecule is NC[C@H]1O[C@H]([C@H]2[C@H](OCC(=O)NCCCCCCCCCCNC(=O)CO[C@@H]3[C@@H](O)[C@H](N)C[C@H](N)[C@H]3[C@H]3O[C@H](CN)[C@@H](O)[C@H](O)[C@H]3N)[C@@H](O)[C@H](N)C[C@@H]2N)[C@H](N)[C@@H](O)[C@@H]1O. The van der Waals surface area contributed by atoms with Crippen LogP contribution < -0.4 is 56.5 Å². The van der Waals surface area contributed by atoms with E-state index in [0.717, 1.165) is 51.4 Å².